The summed E-state index contributed by atoms with van der Waals surface area (Å²) in [5.41, 5.74) is -0.0572. The summed E-state index contributed by atoms with van der Waals surface area (Å²) in [7, 11) is 0. The quantitative estimate of drug-likeness (QED) is 0.920. The van der Waals surface area contributed by atoms with Crippen molar-refractivity contribution in [2.24, 2.45) is 0 Å². The third kappa shape index (κ3) is 3.18. The number of halogens is 1. The Morgan fingerprint density at radius 3 is 2.95 bits per heavy atom. The zero-order chi connectivity index (χ0) is 13.8. The zero-order valence-electron chi connectivity index (χ0n) is 11.1. The number of hydrogen-bond donors (Lipinski definition) is 1. The highest BCUT2D eigenvalue weighted by Crippen LogP contribution is 2.26. The molecule has 1 fully saturated rings. The molecule has 1 unspecified atom stereocenters. The van der Waals surface area contributed by atoms with Crippen molar-refractivity contribution >= 4 is 23.4 Å². The van der Waals surface area contributed by atoms with Gasteiger partial charge in [-0.25, -0.2) is 9.78 Å². The average molecular weight is 283 g/mol. The first kappa shape index (κ1) is 14.1. The second kappa shape index (κ2) is 6.24. The first-order chi connectivity index (χ1) is 9.13. The number of hydrogen-bond acceptors (Lipinski definition) is 3. The maximum Gasteiger partial charge on any atom is 0.356 e. The predicted octanol–water partition coefficient (Wildman–Crippen LogP) is 3.59. The summed E-state index contributed by atoms with van der Waals surface area (Å²) in [5, 5.41) is 9.30. The van der Waals surface area contributed by atoms with Gasteiger partial charge in [-0.05, 0) is 31.4 Å². The maximum absolute atomic E-state index is 11.1. The molecular formula is C14H19ClN2O2. The van der Waals surface area contributed by atoms with Gasteiger partial charge in [-0.1, -0.05) is 31.4 Å². The third-order valence-electron chi connectivity index (χ3n) is 3.68. The minimum atomic E-state index is -1.07. The van der Waals surface area contributed by atoms with E-state index in [0.717, 1.165) is 31.6 Å². The highest BCUT2D eigenvalue weighted by Gasteiger charge is 2.22. The molecule has 1 aliphatic heterocycles. The minimum absolute atomic E-state index is 0.0572. The van der Waals surface area contributed by atoms with Crippen LogP contribution in [0.2, 0.25) is 5.02 Å². The van der Waals surface area contributed by atoms with E-state index < -0.39 is 5.97 Å². The Kier molecular flexibility index (Phi) is 4.64. The van der Waals surface area contributed by atoms with Gasteiger partial charge in [0.05, 0.1) is 5.02 Å². The van der Waals surface area contributed by atoms with Crippen molar-refractivity contribution in [3.63, 3.8) is 0 Å². The van der Waals surface area contributed by atoms with Crippen molar-refractivity contribution in [1.82, 2.24) is 4.98 Å². The van der Waals surface area contributed by atoms with Gasteiger partial charge in [-0.2, -0.15) is 0 Å². The molecule has 0 aliphatic carbocycles. The normalized spacial score (nSPS) is 20.1. The van der Waals surface area contributed by atoms with Crippen molar-refractivity contribution < 1.29 is 9.90 Å². The number of carboxylic acids is 1. The van der Waals surface area contributed by atoms with Crippen molar-refractivity contribution in [2.45, 2.75) is 45.1 Å². The van der Waals surface area contributed by atoms with Crippen molar-refractivity contribution in [1.29, 1.82) is 0 Å². The molecule has 0 aromatic carbocycles. The van der Waals surface area contributed by atoms with Crippen molar-refractivity contribution in [3.8, 4) is 0 Å². The monoisotopic (exact) mass is 282 g/mol. The number of aromatic carboxylic acids is 1. The molecule has 0 amide bonds. The van der Waals surface area contributed by atoms with Crippen LogP contribution in [-0.4, -0.2) is 28.6 Å². The topological polar surface area (TPSA) is 53.4 Å². The molecule has 1 aromatic heterocycles. The van der Waals surface area contributed by atoms with E-state index in [4.69, 9.17) is 16.7 Å². The standard InChI is InChI=1S/C14H19ClN2O2/c1-2-10-6-4-3-5-9-17(10)12-8-7-11(15)13(16-12)14(18)19/h7-8,10H,2-6,9H2,1H3,(H,18,19). The van der Waals surface area contributed by atoms with Crippen LogP contribution in [0.5, 0.6) is 0 Å². The zero-order valence-corrected chi connectivity index (χ0v) is 11.9. The van der Waals surface area contributed by atoms with Gasteiger partial charge < -0.3 is 10.0 Å². The molecule has 19 heavy (non-hydrogen) atoms. The van der Waals surface area contributed by atoms with Gasteiger partial charge in [-0.15, -0.1) is 0 Å². The van der Waals surface area contributed by atoms with Gasteiger partial charge in [0.1, 0.15) is 5.82 Å². The van der Waals surface area contributed by atoms with Gasteiger partial charge in [0, 0.05) is 12.6 Å². The average Bonchev–Trinajstić information content (AvgIpc) is 2.64. The number of aromatic nitrogens is 1. The molecular weight excluding hydrogens is 264 g/mol. The number of nitrogens with zero attached hydrogens (tertiary/aromatic N) is 2. The van der Waals surface area contributed by atoms with Crippen molar-refractivity contribution in [2.75, 3.05) is 11.4 Å². The Hall–Kier alpha value is -1.29. The van der Waals surface area contributed by atoms with E-state index in [2.05, 4.69) is 16.8 Å². The fourth-order valence-corrected chi connectivity index (χ4v) is 2.83. The molecule has 5 heteroatoms. The lowest BCUT2D eigenvalue weighted by Crippen LogP contribution is -2.35. The van der Waals surface area contributed by atoms with E-state index in [1.54, 1.807) is 6.07 Å². The smallest absolute Gasteiger partial charge is 0.356 e. The van der Waals surface area contributed by atoms with Crippen LogP contribution in [0.4, 0.5) is 5.82 Å². The van der Waals surface area contributed by atoms with Crippen LogP contribution in [0, 0.1) is 0 Å². The van der Waals surface area contributed by atoms with Crippen LogP contribution < -0.4 is 4.90 Å². The summed E-state index contributed by atoms with van der Waals surface area (Å²) in [6, 6.07) is 3.89. The van der Waals surface area contributed by atoms with E-state index in [1.165, 1.54) is 12.8 Å². The first-order valence-electron chi connectivity index (χ1n) is 6.80. The summed E-state index contributed by atoms with van der Waals surface area (Å²) in [5.74, 6) is -0.342. The van der Waals surface area contributed by atoms with Crippen LogP contribution >= 0.6 is 11.6 Å². The number of anilines is 1. The highest BCUT2D eigenvalue weighted by molar-refractivity contribution is 6.33. The van der Waals surface area contributed by atoms with Crippen LogP contribution in [0.3, 0.4) is 0 Å². The third-order valence-corrected chi connectivity index (χ3v) is 3.98. The number of rotatable bonds is 3. The molecule has 1 N–H and O–H groups in total. The first-order valence-corrected chi connectivity index (χ1v) is 7.17. The molecule has 0 saturated carbocycles. The van der Waals surface area contributed by atoms with Crippen LogP contribution in [0.25, 0.3) is 0 Å². The Balaban J connectivity index is 2.33. The van der Waals surface area contributed by atoms with Crippen LogP contribution in [-0.2, 0) is 0 Å². The molecule has 1 atom stereocenters. The van der Waals surface area contributed by atoms with Gasteiger partial charge in [-0.3, -0.25) is 0 Å². The molecule has 1 aromatic rings. The molecule has 2 rings (SSSR count). The van der Waals surface area contributed by atoms with E-state index in [-0.39, 0.29) is 10.7 Å². The predicted molar refractivity (Wildman–Crippen MR) is 76.1 cm³/mol. The summed E-state index contributed by atoms with van der Waals surface area (Å²) < 4.78 is 0. The second-order valence-corrected chi connectivity index (χ2v) is 5.32. The Labute approximate surface area is 118 Å². The Bertz CT molecular complexity index is 465. The lowest BCUT2D eigenvalue weighted by atomic mass is 10.1. The molecule has 2 heterocycles. The van der Waals surface area contributed by atoms with Crippen LogP contribution in [0.1, 0.15) is 49.5 Å². The number of pyridine rings is 1. The molecule has 4 nitrogen and oxygen atoms in total. The fourth-order valence-electron chi connectivity index (χ4n) is 2.65. The molecule has 1 saturated heterocycles. The molecule has 0 bridgehead atoms. The van der Waals surface area contributed by atoms with E-state index in [9.17, 15) is 4.79 Å². The molecule has 104 valence electrons. The largest absolute Gasteiger partial charge is 0.476 e. The Morgan fingerprint density at radius 1 is 1.47 bits per heavy atom. The number of carbonyl (C=O) groups is 1. The van der Waals surface area contributed by atoms with E-state index in [0.29, 0.717) is 6.04 Å². The molecule has 1 aliphatic rings. The van der Waals surface area contributed by atoms with Gasteiger partial charge in [0.2, 0.25) is 0 Å². The van der Waals surface area contributed by atoms with E-state index >= 15 is 0 Å². The number of carboxylic acid groups (broad SMARTS) is 1. The summed E-state index contributed by atoms with van der Waals surface area (Å²) in [6.07, 6.45) is 5.78. The highest BCUT2D eigenvalue weighted by atomic mass is 35.5. The SMILES string of the molecule is CCC1CCCCCN1c1ccc(Cl)c(C(=O)O)n1. The van der Waals surface area contributed by atoms with Gasteiger partial charge >= 0.3 is 5.97 Å². The Morgan fingerprint density at radius 2 is 2.26 bits per heavy atom. The van der Waals surface area contributed by atoms with Gasteiger partial charge in [0.25, 0.3) is 0 Å². The summed E-state index contributed by atoms with van der Waals surface area (Å²) >= 11 is 5.87. The van der Waals surface area contributed by atoms with Crippen molar-refractivity contribution in [3.05, 3.63) is 22.8 Å². The lowest BCUT2D eigenvalue weighted by Gasteiger charge is -2.30. The lowest BCUT2D eigenvalue weighted by molar-refractivity contribution is 0.0691. The van der Waals surface area contributed by atoms with E-state index in [1.807, 2.05) is 6.07 Å². The fraction of sp³-hybridized carbons (Fsp3) is 0.571. The summed E-state index contributed by atoms with van der Waals surface area (Å²) in [6.45, 7) is 3.10. The summed E-state index contributed by atoms with van der Waals surface area (Å²) in [4.78, 5) is 17.6. The maximum atomic E-state index is 11.1. The van der Waals surface area contributed by atoms with Crippen LogP contribution in [0.15, 0.2) is 12.1 Å². The molecule has 0 spiro atoms. The minimum Gasteiger partial charge on any atom is -0.476 e. The van der Waals surface area contributed by atoms with Gasteiger partial charge in [0.15, 0.2) is 5.69 Å². The molecule has 0 radical (unpaired) electrons. The second-order valence-electron chi connectivity index (χ2n) is 4.91.